The number of allylic oxidation sites excluding steroid dienone is 4. The van der Waals surface area contributed by atoms with Crippen molar-refractivity contribution >= 4 is 12.7 Å². The molecule has 117 valence electrons. The maximum absolute atomic E-state index is 13.8. The van der Waals surface area contributed by atoms with E-state index in [4.69, 9.17) is 0 Å². The van der Waals surface area contributed by atoms with Gasteiger partial charge in [-0.1, -0.05) is 0 Å². The Hall–Kier alpha value is -1.73. The molecule has 22 heavy (non-hydrogen) atoms. The number of hydrogen-bond acceptors (Lipinski definition) is 0. The number of rotatable bonds is 2. The van der Waals surface area contributed by atoms with Gasteiger partial charge in [0.05, 0.1) is 0 Å². The molecule has 1 aliphatic rings. The van der Waals surface area contributed by atoms with Gasteiger partial charge in [0.1, 0.15) is 17.5 Å². The zero-order valence-corrected chi connectivity index (χ0v) is 11.5. The van der Waals surface area contributed by atoms with Crippen molar-refractivity contribution in [2.24, 2.45) is 0 Å². The molecule has 0 bridgehead atoms. The van der Waals surface area contributed by atoms with E-state index in [0.717, 1.165) is 6.92 Å². The van der Waals surface area contributed by atoms with Crippen molar-refractivity contribution in [2.75, 3.05) is 0 Å². The van der Waals surface area contributed by atoms with E-state index in [1.54, 1.807) is 0 Å². The van der Waals surface area contributed by atoms with Crippen molar-refractivity contribution in [3.8, 4) is 0 Å². The minimum atomic E-state index is -2.96. The summed E-state index contributed by atoms with van der Waals surface area (Å²) in [6.07, 6.45) is 0.208. The SMILES string of the molecule is Cc1c(F)c(F)cc(F)c1[B]C1C(F)=CC(C)(F)C(F)=C1F. The average Bonchev–Trinajstić information content (AvgIpc) is 2.41. The summed E-state index contributed by atoms with van der Waals surface area (Å²) in [5.41, 5.74) is -4.12. The lowest BCUT2D eigenvalue weighted by Crippen LogP contribution is -2.32. The highest BCUT2D eigenvalue weighted by molar-refractivity contribution is 6.57. The lowest BCUT2D eigenvalue weighted by molar-refractivity contribution is 0.233. The van der Waals surface area contributed by atoms with Crippen LogP contribution < -0.4 is 5.46 Å². The van der Waals surface area contributed by atoms with Crippen molar-refractivity contribution in [1.29, 1.82) is 0 Å². The van der Waals surface area contributed by atoms with Crippen LogP contribution in [0.2, 0.25) is 5.82 Å². The third-order valence-electron chi connectivity index (χ3n) is 3.40. The fraction of sp³-hybridized carbons (Fsp3) is 0.286. The topological polar surface area (TPSA) is 0 Å². The second-order valence-corrected chi connectivity index (χ2v) is 5.10. The van der Waals surface area contributed by atoms with Gasteiger partial charge in [-0.25, -0.2) is 30.7 Å². The lowest BCUT2D eigenvalue weighted by Gasteiger charge is -2.25. The summed E-state index contributed by atoms with van der Waals surface area (Å²) < 4.78 is 94.7. The third kappa shape index (κ3) is 2.66. The summed E-state index contributed by atoms with van der Waals surface area (Å²) in [7, 11) is 0.545. The molecule has 2 atom stereocenters. The molecule has 0 aromatic heterocycles. The van der Waals surface area contributed by atoms with Gasteiger partial charge >= 0.3 is 0 Å². The molecule has 1 aromatic rings. The second-order valence-electron chi connectivity index (χ2n) is 5.10. The maximum atomic E-state index is 13.8. The first-order chi connectivity index (χ1) is 10.1. The first-order valence-electron chi connectivity index (χ1n) is 6.18. The number of hydrogen-bond donors (Lipinski definition) is 0. The van der Waals surface area contributed by atoms with Crippen LogP contribution in [0.3, 0.4) is 0 Å². The predicted octanol–water partition coefficient (Wildman–Crippen LogP) is 4.28. The van der Waals surface area contributed by atoms with Crippen molar-refractivity contribution < 1.29 is 30.7 Å². The smallest absolute Gasteiger partial charge is 0.182 e. The van der Waals surface area contributed by atoms with E-state index in [1.807, 2.05) is 0 Å². The highest BCUT2D eigenvalue weighted by atomic mass is 19.2. The van der Waals surface area contributed by atoms with Crippen molar-refractivity contribution in [3.63, 3.8) is 0 Å². The summed E-state index contributed by atoms with van der Waals surface area (Å²) in [5, 5.41) is 0. The average molecular weight is 321 g/mol. The zero-order valence-electron chi connectivity index (χ0n) is 11.5. The molecular weight excluding hydrogens is 312 g/mol. The standard InChI is InChI=1S/C14H9BF7/c1-5-9(6(16)3-7(17)11(5)19)15-10-8(18)4-14(2,22)13(21)12(10)20/h3-4,10H,1-2H3. The normalized spacial score (nSPS) is 25.3. The van der Waals surface area contributed by atoms with Gasteiger partial charge in [0.15, 0.2) is 30.4 Å². The molecule has 0 aliphatic heterocycles. The van der Waals surface area contributed by atoms with Gasteiger partial charge in [-0.3, -0.25) is 0 Å². The largest absolute Gasteiger partial charge is 0.232 e. The first-order valence-corrected chi connectivity index (χ1v) is 6.18. The fourth-order valence-corrected chi connectivity index (χ4v) is 2.16. The minimum Gasteiger partial charge on any atom is -0.232 e. The lowest BCUT2D eigenvalue weighted by atomic mass is 9.55. The molecule has 0 saturated heterocycles. The quantitative estimate of drug-likeness (QED) is 0.433. The summed E-state index contributed by atoms with van der Waals surface area (Å²) in [6, 6.07) is 0.204. The van der Waals surface area contributed by atoms with E-state index in [0.29, 0.717) is 14.2 Å². The highest BCUT2D eigenvalue weighted by Crippen LogP contribution is 2.43. The summed E-state index contributed by atoms with van der Waals surface area (Å²) in [6.45, 7) is 1.61. The van der Waals surface area contributed by atoms with Crippen LogP contribution in [0, 0.1) is 24.4 Å². The molecule has 1 radical (unpaired) electrons. The van der Waals surface area contributed by atoms with Gasteiger partial charge in [0.2, 0.25) is 0 Å². The van der Waals surface area contributed by atoms with Gasteiger partial charge in [0.25, 0.3) is 0 Å². The molecule has 0 heterocycles. The molecule has 2 unspecified atom stereocenters. The van der Waals surface area contributed by atoms with Crippen LogP contribution in [0.1, 0.15) is 12.5 Å². The molecule has 2 rings (SSSR count). The predicted molar refractivity (Wildman–Crippen MR) is 68.1 cm³/mol. The zero-order chi connectivity index (χ0) is 16.8. The van der Waals surface area contributed by atoms with E-state index in [1.165, 1.54) is 0 Å². The van der Waals surface area contributed by atoms with Crippen molar-refractivity contribution in [2.45, 2.75) is 25.3 Å². The van der Waals surface area contributed by atoms with Crippen LogP contribution in [0.4, 0.5) is 30.7 Å². The van der Waals surface area contributed by atoms with Gasteiger partial charge in [-0.05, 0) is 30.9 Å². The molecule has 1 aliphatic carbocycles. The Labute approximate surface area is 122 Å². The van der Waals surface area contributed by atoms with Crippen molar-refractivity contribution in [1.82, 2.24) is 0 Å². The summed E-state index contributed by atoms with van der Waals surface area (Å²) in [5.74, 6) is -11.2. The molecule has 0 saturated carbocycles. The van der Waals surface area contributed by atoms with Gasteiger partial charge in [-0.2, -0.15) is 0 Å². The van der Waals surface area contributed by atoms with Gasteiger partial charge in [-0.15, -0.1) is 0 Å². The summed E-state index contributed by atoms with van der Waals surface area (Å²) in [4.78, 5) is 0. The maximum Gasteiger partial charge on any atom is 0.182 e. The van der Waals surface area contributed by atoms with E-state index >= 15 is 0 Å². The van der Waals surface area contributed by atoms with Crippen LogP contribution in [-0.4, -0.2) is 12.9 Å². The van der Waals surface area contributed by atoms with E-state index in [9.17, 15) is 30.7 Å². The number of alkyl halides is 1. The molecular formula is C14H9BF7. The monoisotopic (exact) mass is 321 g/mol. The highest BCUT2D eigenvalue weighted by Gasteiger charge is 2.41. The van der Waals surface area contributed by atoms with Crippen LogP contribution in [0.5, 0.6) is 0 Å². The van der Waals surface area contributed by atoms with Gasteiger partial charge < -0.3 is 0 Å². The van der Waals surface area contributed by atoms with Crippen molar-refractivity contribution in [3.05, 3.63) is 52.6 Å². The fourth-order valence-electron chi connectivity index (χ4n) is 2.16. The molecule has 0 nitrogen and oxygen atoms in total. The molecule has 8 heteroatoms. The Morgan fingerprint density at radius 1 is 1.05 bits per heavy atom. The Morgan fingerprint density at radius 2 is 1.64 bits per heavy atom. The first kappa shape index (κ1) is 16.6. The number of benzene rings is 1. The Morgan fingerprint density at radius 3 is 2.23 bits per heavy atom. The van der Waals surface area contributed by atoms with E-state index in [2.05, 4.69) is 0 Å². The molecule has 0 amide bonds. The second kappa shape index (κ2) is 5.48. The molecule has 1 aromatic carbocycles. The molecule has 0 fully saturated rings. The Balaban J connectivity index is 2.47. The minimum absolute atomic E-state index is 0.204. The van der Waals surface area contributed by atoms with Crippen LogP contribution in [0.15, 0.2) is 29.6 Å². The van der Waals surface area contributed by atoms with E-state index in [-0.39, 0.29) is 12.1 Å². The van der Waals surface area contributed by atoms with Crippen LogP contribution >= 0.6 is 0 Å². The molecule has 0 N–H and O–H groups in total. The Kier molecular flexibility index (Phi) is 4.15. The van der Waals surface area contributed by atoms with Crippen LogP contribution in [0.25, 0.3) is 0 Å². The van der Waals surface area contributed by atoms with E-state index < -0.39 is 57.4 Å². The molecule has 0 spiro atoms. The Bertz CT molecular complexity index is 691. The van der Waals surface area contributed by atoms with Crippen LogP contribution in [-0.2, 0) is 0 Å². The summed E-state index contributed by atoms with van der Waals surface area (Å²) >= 11 is 0. The van der Waals surface area contributed by atoms with Gasteiger partial charge in [0, 0.05) is 11.9 Å². The third-order valence-corrected chi connectivity index (χ3v) is 3.40. The number of halogens is 7.